The quantitative estimate of drug-likeness (QED) is 0.939. The molecule has 2 N–H and O–H groups in total. The van der Waals surface area contributed by atoms with E-state index in [0.29, 0.717) is 0 Å². The third-order valence-corrected chi connectivity index (χ3v) is 3.99. The number of amides is 1. The summed E-state index contributed by atoms with van der Waals surface area (Å²) < 4.78 is 7.70. The molecule has 2 atom stereocenters. The lowest BCUT2D eigenvalue weighted by Crippen LogP contribution is -2.27. The SMILES string of the molecule is CC[C@H]1O[C@@H](C)Cc2c(-c3cnn(C)c3)cc(C(N)=O)nc21. The van der Waals surface area contributed by atoms with Gasteiger partial charge in [-0.15, -0.1) is 0 Å². The molecule has 0 saturated carbocycles. The van der Waals surface area contributed by atoms with E-state index < -0.39 is 5.91 Å². The molecule has 2 aromatic rings. The van der Waals surface area contributed by atoms with Crippen LogP contribution in [-0.2, 0) is 18.2 Å². The molecule has 6 heteroatoms. The van der Waals surface area contributed by atoms with Gasteiger partial charge in [0.2, 0.25) is 0 Å². The number of aryl methyl sites for hydroxylation is 1. The molecule has 3 rings (SSSR count). The number of ether oxygens (including phenoxy) is 1. The number of nitrogens with zero attached hydrogens (tertiary/aromatic N) is 3. The summed E-state index contributed by atoms with van der Waals surface area (Å²) in [5.74, 6) is -0.526. The highest BCUT2D eigenvalue weighted by molar-refractivity contribution is 5.92. The fourth-order valence-electron chi connectivity index (χ4n) is 2.99. The summed E-state index contributed by atoms with van der Waals surface area (Å²) in [6.45, 7) is 4.11. The van der Waals surface area contributed by atoms with Gasteiger partial charge in [0.1, 0.15) is 5.69 Å². The lowest BCUT2D eigenvalue weighted by molar-refractivity contribution is -0.0199. The van der Waals surface area contributed by atoms with Gasteiger partial charge in [-0.25, -0.2) is 4.98 Å². The molecule has 0 aromatic carbocycles. The van der Waals surface area contributed by atoms with Crippen LogP contribution >= 0.6 is 0 Å². The van der Waals surface area contributed by atoms with Gasteiger partial charge in [-0.1, -0.05) is 6.92 Å². The fourth-order valence-corrected chi connectivity index (χ4v) is 2.99. The summed E-state index contributed by atoms with van der Waals surface area (Å²) >= 11 is 0. The molecule has 2 aromatic heterocycles. The minimum absolute atomic E-state index is 0.103. The maximum atomic E-state index is 11.6. The van der Waals surface area contributed by atoms with Crippen LogP contribution < -0.4 is 5.73 Å². The Balaban J connectivity index is 2.23. The first-order chi connectivity index (χ1) is 10.5. The second-order valence-electron chi connectivity index (χ2n) is 5.73. The van der Waals surface area contributed by atoms with Crippen LogP contribution in [0.15, 0.2) is 18.5 Å². The highest BCUT2D eigenvalue weighted by Crippen LogP contribution is 2.37. The predicted octanol–water partition coefficient (Wildman–Crippen LogP) is 1.99. The van der Waals surface area contributed by atoms with Crippen LogP contribution in [0.5, 0.6) is 0 Å². The van der Waals surface area contributed by atoms with Crippen LogP contribution in [0, 0.1) is 0 Å². The first-order valence-electron chi connectivity index (χ1n) is 7.47. The number of primary amides is 1. The Hall–Kier alpha value is -2.21. The molecule has 3 heterocycles. The predicted molar refractivity (Wildman–Crippen MR) is 82.2 cm³/mol. The Bertz CT molecular complexity index is 723. The lowest BCUT2D eigenvalue weighted by atomic mass is 9.91. The van der Waals surface area contributed by atoms with E-state index in [1.54, 1.807) is 16.9 Å². The molecule has 0 saturated heterocycles. The Morgan fingerprint density at radius 2 is 2.32 bits per heavy atom. The molecular formula is C16H20N4O2. The van der Waals surface area contributed by atoms with Crippen molar-refractivity contribution in [3.8, 4) is 11.1 Å². The van der Waals surface area contributed by atoms with Crippen LogP contribution in [0.3, 0.4) is 0 Å². The zero-order valence-corrected chi connectivity index (χ0v) is 13.0. The summed E-state index contributed by atoms with van der Waals surface area (Å²) in [4.78, 5) is 16.1. The molecule has 1 aliphatic heterocycles. The number of hydrogen-bond acceptors (Lipinski definition) is 4. The number of hydrogen-bond donors (Lipinski definition) is 1. The maximum Gasteiger partial charge on any atom is 0.267 e. The van der Waals surface area contributed by atoms with E-state index in [2.05, 4.69) is 23.9 Å². The molecule has 0 unspecified atom stereocenters. The maximum absolute atomic E-state index is 11.6. The van der Waals surface area contributed by atoms with Gasteiger partial charge in [0.25, 0.3) is 5.91 Å². The van der Waals surface area contributed by atoms with Crippen LogP contribution in [0.2, 0.25) is 0 Å². The van der Waals surface area contributed by atoms with E-state index in [4.69, 9.17) is 10.5 Å². The molecule has 0 radical (unpaired) electrons. The number of aromatic nitrogens is 3. The Labute approximate surface area is 129 Å². The van der Waals surface area contributed by atoms with Crippen LogP contribution in [0.4, 0.5) is 0 Å². The second-order valence-corrected chi connectivity index (χ2v) is 5.73. The van der Waals surface area contributed by atoms with Crippen molar-refractivity contribution >= 4 is 5.91 Å². The molecule has 0 aliphatic carbocycles. The van der Waals surface area contributed by atoms with Gasteiger partial charge < -0.3 is 10.5 Å². The minimum atomic E-state index is -0.526. The van der Waals surface area contributed by atoms with Crippen molar-refractivity contribution in [1.82, 2.24) is 14.8 Å². The normalized spacial score (nSPS) is 20.7. The van der Waals surface area contributed by atoms with Gasteiger partial charge in [0.05, 0.1) is 24.1 Å². The van der Waals surface area contributed by atoms with E-state index in [9.17, 15) is 4.79 Å². The van der Waals surface area contributed by atoms with Crippen LogP contribution in [0.25, 0.3) is 11.1 Å². The summed E-state index contributed by atoms with van der Waals surface area (Å²) in [7, 11) is 1.87. The number of fused-ring (bicyclic) bond motifs is 1. The second kappa shape index (κ2) is 5.53. The van der Waals surface area contributed by atoms with Gasteiger partial charge in [-0.05, 0) is 30.5 Å². The van der Waals surface area contributed by atoms with Gasteiger partial charge in [0, 0.05) is 25.2 Å². The van der Waals surface area contributed by atoms with Crippen molar-refractivity contribution in [2.24, 2.45) is 12.8 Å². The van der Waals surface area contributed by atoms with Crippen molar-refractivity contribution < 1.29 is 9.53 Å². The van der Waals surface area contributed by atoms with Crippen LogP contribution in [0.1, 0.15) is 48.1 Å². The zero-order valence-electron chi connectivity index (χ0n) is 13.0. The first kappa shape index (κ1) is 14.7. The van der Waals surface area contributed by atoms with Crippen molar-refractivity contribution in [1.29, 1.82) is 0 Å². The fraction of sp³-hybridized carbons (Fsp3) is 0.438. The summed E-state index contributed by atoms with van der Waals surface area (Å²) in [6.07, 6.45) is 5.31. The molecule has 0 fully saturated rings. The monoisotopic (exact) mass is 300 g/mol. The van der Waals surface area contributed by atoms with Gasteiger partial charge in [-0.2, -0.15) is 5.10 Å². The number of nitrogens with two attached hydrogens (primary N) is 1. The zero-order chi connectivity index (χ0) is 15.9. The van der Waals surface area contributed by atoms with E-state index >= 15 is 0 Å². The van der Waals surface area contributed by atoms with Crippen molar-refractivity contribution in [3.05, 3.63) is 35.4 Å². The number of carbonyl (C=O) groups excluding carboxylic acids is 1. The van der Waals surface area contributed by atoms with Gasteiger partial charge in [0.15, 0.2) is 0 Å². The summed E-state index contributed by atoms with van der Waals surface area (Å²) in [5, 5.41) is 4.22. The number of pyridine rings is 1. The Morgan fingerprint density at radius 1 is 1.55 bits per heavy atom. The standard InChI is InChI=1S/C16H20N4O2/c1-4-14-15-12(5-9(2)22-14)11(6-13(19-15)16(17)21)10-7-18-20(3)8-10/h6-9,14H,4-5H2,1-3H3,(H2,17,21)/t9-,14+/m0/s1. The van der Waals surface area contributed by atoms with Gasteiger partial charge >= 0.3 is 0 Å². The first-order valence-corrected chi connectivity index (χ1v) is 7.47. The van der Waals surface area contributed by atoms with Crippen molar-refractivity contribution in [3.63, 3.8) is 0 Å². The van der Waals surface area contributed by atoms with Crippen molar-refractivity contribution in [2.75, 3.05) is 0 Å². The molecule has 116 valence electrons. The summed E-state index contributed by atoms with van der Waals surface area (Å²) in [5.41, 5.74) is 9.62. The average molecular weight is 300 g/mol. The number of rotatable bonds is 3. The highest BCUT2D eigenvalue weighted by atomic mass is 16.5. The van der Waals surface area contributed by atoms with E-state index in [-0.39, 0.29) is 17.9 Å². The smallest absolute Gasteiger partial charge is 0.267 e. The molecular weight excluding hydrogens is 280 g/mol. The topological polar surface area (TPSA) is 83.0 Å². The van der Waals surface area contributed by atoms with Crippen molar-refractivity contribution in [2.45, 2.75) is 38.9 Å². The average Bonchev–Trinajstić information content (AvgIpc) is 2.91. The third-order valence-electron chi connectivity index (χ3n) is 3.99. The van der Waals surface area contributed by atoms with E-state index in [1.165, 1.54) is 0 Å². The Morgan fingerprint density at radius 3 is 2.91 bits per heavy atom. The third kappa shape index (κ3) is 2.50. The largest absolute Gasteiger partial charge is 0.369 e. The number of carbonyl (C=O) groups is 1. The molecule has 0 bridgehead atoms. The minimum Gasteiger partial charge on any atom is -0.369 e. The highest BCUT2D eigenvalue weighted by Gasteiger charge is 2.29. The lowest BCUT2D eigenvalue weighted by Gasteiger charge is -2.30. The molecule has 6 nitrogen and oxygen atoms in total. The summed E-state index contributed by atoms with van der Waals surface area (Å²) in [6, 6.07) is 1.77. The van der Waals surface area contributed by atoms with Gasteiger partial charge in [-0.3, -0.25) is 9.48 Å². The van der Waals surface area contributed by atoms with Crippen LogP contribution in [-0.4, -0.2) is 26.8 Å². The molecule has 1 aliphatic rings. The molecule has 22 heavy (non-hydrogen) atoms. The molecule has 1 amide bonds. The molecule has 0 spiro atoms. The van der Waals surface area contributed by atoms with E-state index in [1.807, 2.05) is 13.2 Å². The Kier molecular flexibility index (Phi) is 3.70. The van der Waals surface area contributed by atoms with E-state index in [0.717, 1.165) is 35.2 Å².